The Bertz CT molecular complexity index is 777. The van der Waals surface area contributed by atoms with Crippen LogP contribution in [0.4, 0.5) is 0 Å². The van der Waals surface area contributed by atoms with Crippen molar-refractivity contribution in [3.05, 3.63) is 35.9 Å². The van der Waals surface area contributed by atoms with Crippen LogP contribution < -0.4 is 0 Å². The number of fused-ring (bicyclic) bond motifs is 1. The van der Waals surface area contributed by atoms with Crippen molar-refractivity contribution in [3.8, 4) is 0 Å². The van der Waals surface area contributed by atoms with Gasteiger partial charge in [0.05, 0.1) is 10.8 Å². The van der Waals surface area contributed by atoms with Crippen LogP contribution in [0, 0.1) is 5.41 Å². The van der Waals surface area contributed by atoms with Crippen molar-refractivity contribution in [2.45, 2.75) is 62.8 Å². The van der Waals surface area contributed by atoms with Crippen molar-refractivity contribution in [1.82, 2.24) is 9.80 Å². The number of amides is 1. The van der Waals surface area contributed by atoms with Gasteiger partial charge < -0.3 is 20.0 Å². The minimum Gasteiger partial charge on any atom is -0.483 e. The lowest BCUT2D eigenvalue weighted by Gasteiger charge is -2.53. The number of likely N-dealkylation sites (N-methyl/N-ethyl adjacent to an activating group) is 1. The molecule has 31 heavy (non-hydrogen) atoms. The summed E-state index contributed by atoms with van der Waals surface area (Å²) >= 11 is 0. The zero-order valence-corrected chi connectivity index (χ0v) is 18.3. The van der Waals surface area contributed by atoms with Crippen molar-refractivity contribution in [2.24, 2.45) is 5.41 Å². The van der Waals surface area contributed by atoms with E-state index in [2.05, 4.69) is 17.0 Å². The number of nitrogens with zero attached hydrogens (tertiary/aromatic N) is 2. The minimum atomic E-state index is -0.698. The van der Waals surface area contributed by atoms with Gasteiger partial charge >= 0.3 is 5.97 Å². The fourth-order valence-corrected chi connectivity index (χ4v) is 6.01. The lowest BCUT2D eigenvalue weighted by atomic mass is 9.66. The topological polar surface area (TPSA) is 98.2 Å². The van der Waals surface area contributed by atoms with E-state index in [1.807, 2.05) is 30.1 Å². The highest BCUT2D eigenvalue weighted by molar-refractivity contribution is 5.89. The van der Waals surface area contributed by atoms with Gasteiger partial charge in [-0.3, -0.25) is 14.4 Å². The molecule has 0 radical (unpaired) electrons. The molecule has 3 fully saturated rings. The molecule has 0 bridgehead atoms. The third-order valence-electron chi connectivity index (χ3n) is 7.68. The fraction of sp³-hybridized carbons (Fsp3) is 0.625. The predicted molar refractivity (Wildman–Crippen MR) is 117 cm³/mol. The van der Waals surface area contributed by atoms with Gasteiger partial charge in [-0.2, -0.15) is 0 Å². The second kappa shape index (κ2) is 9.81. The first-order valence-electron chi connectivity index (χ1n) is 11.3. The molecule has 7 heteroatoms. The SMILES string of the molecule is CN1CCC[C@]2(C(=O)O)CCN(C(=O)C3(c4ccccc4)CCCCC3)C[C@@H]12.O=CO. The molecule has 0 spiro atoms. The lowest BCUT2D eigenvalue weighted by molar-refractivity contribution is -0.166. The first-order chi connectivity index (χ1) is 14.9. The van der Waals surface area contributed by atoms with Crippen LogP contribution in [0.2, 0.25) is 0 Å². The van der Waals surface area contributed by atoms with Gasteiger partial charge in [0.25, 0.3) is 6.47 Å². The Balaban J connectivity index is 0.000000858. The van der Waals surface area contributed by atoms with Gasteiger partial charge in [0.2, 0.25) is 5.91 Å². The van der Waals surface area contributed by atoms with E-state index in [-0.39, 0.29) is 18.4 Å². The highest BCUT2D eigenvalue weighted by atomic mass is 16.4. The monoisotopic (exact) mass is 430 g/mol. The molecule has 2 saturated heterocycles. The first kappa shape index (κ1) is 23.3. The van der Waals surface area contributed by atoms with Gasteiger partial charge in [-0.25, -0.2) is 0 Å². The molecule has 0 unspecified atom stereocenters. The fourth-order valence-electron chi connectivity index (χ4n) is 6.01. The van der Waals surface area contributed by atoms with Crippen LogP contribution in [0.1, 0.15) is 56.9 Å². The smallest absolute Gasteiger partial charge is 0.311 e. The Kier molecular flexibility index (Phi) is 7.36. The van der Waals surface area contributed by atoms with E-state index >= 15 is 0 Å². The zero-order valence-electron chi connectivity index (χ0n) is 18.3. The van der Waals surface area contributed by atoms with Gasteiger partial charge in [-0.15, -0.1) is 0 Å². The molecule has 170 valence electrons. The third-order valence-corrected chi connectivity index (χ3v) is 7.68. The van der Waals surface area contributed by atoms with E-state index in [1.165, 1.54) is 6.42 Å². The van der Waals surface area contributed by atoms with Gasteiger partial charge in [-0.1, -0.05) is 49.6 Å². The molecule has 1 aromatic rings. The Labute approximate surface area is 184 Å². The van der Waals surface area contributed by atoms with Crippen LogP contribution in [-0.2, 0) is 19.8 Å². The zero-order chi connectivity index (χ0) is 22.5. The highest BCUT2D eigenvalue weighted by Crippen LogP contribution is 2.45. The van der Waals surface area contributed by atoms with Crippen molar-refractivity contribution in [1.29, 1.82) is 0 Å². The molecule has 4 rings (SSSR count). The van der Waals surface area contributed by atoms with Crippen LogP contribution in [0.25, 0.3) is 0 Å². The summed E-state index contributed by atoms with van der Waals surface area (Å²) in [5.74, 6) is -0.469. The van der Waals surface area contributed by atoms with E-state index < -0.39 is 16.8 Å². The van der Waals surface area contributed by atoms with E-state index in [4.69, 9.17) is 9.90 Å². The quantitative estimate of drug-likeness (QED) is 0.716. The number of rotatable bonds is 3. The average Bonchev–Trinajstić information content (AvgIpc) is 2.80. The molecule has 1 aliphatic carbocycles. The Morgan fingerprint density at radius 2 is 1.65 bits per heavy atom. The van der Waals surface area contributed by atoms with E-state index in [0.29, 0.717) is 19.5 Å². The lowest BCUT2D eigenvalue weighted by Crippen LogP contribution is -2.65. The highest BCUT2D eigenvalue weighted by Gasteiger charge is 2.54. The van der Waals surface area contributed by atoms with Crippen molar-refractivity contribution in [3.63, 3.8) is 0 Å². The number of hydrogen-bond acceptors (Lipinski definition) is 4. The summed E-state index contributed by atoms with van der Waals surface area (Å²) in [5, 5.41) is 16.9. The number of benzene rings is 1. The van der Waals surface area contributed by atoms with Crippen LogP contribution in [0.5, 0.6) is 0 Å². The van der Waals surface area contributed by atoms with E-state index in [1.54, 1.807) is 0 Å². The Morgan fingerprint density at radius 3 is 2.26 bits per heavy atom. The normalized spacial score (nSPS) is 27.9. The van der Waals surface area contributed by atoms with Crippen LogP contribution in [0.15, 0.2) is 30.3 Å². The first-order valence-corrected chi connectivity index (χ1v) is 11.3. The Hall–Kier alpha value is -2.41. The molecule has 1 saturated carbocycles. The second-order valence-corrected chi connectivity index (χ2v) is 9.18. The third kappa shape index (κ3) is 4.33. The molecule has 7 nitrogen and oxygen atoms in total. The van der Waals surface area contributed by atoms with Crippen molar-refractivity contribution >= 4 is 18.3 Å². The predicted octanol–water partition coefficient (Wildman–Crippen LogP) is 2.99. The van der Waals surface area contributed by atoms with Gasteiger partial charge in [-0.05, 0) is 51.3 Å². The average molecular weight is 431 g/mol. The number of carbonyl (C=O) groups excluding carboxylic acids is 1. The van der Waals surface area contributed by atoms with Crippen molar-refractivity contribution < 1.29 is 24.6 Å². The van der Waals surface area contributed by atoms with Crippen LogP contribution >= 0.6 is 0 Å². The number of likely N-dealkylation sites (tertiary alicyclic amines) is 2. The molecular weight excluding hydrogens is 396 g/mol. The summed E-state index contributed by atoms with van der Waals surface area (Å²) in [6, 6.07) is 10.2. The minimum absolute atomic E-state index is 0.0899. The molecule has 2 N–H and O–H groups in total. The number of carbonyl (C=O) groups is 3. The molecule has 2 atom stereocenters. The second-order valence-electron chi connectivity index (χ2n) is 9.18. The number of aliphatic carboxylic acids is 1. The maximum absolute atomic E-state index is 13.9. The summed E-state index contributed by atoms with van der Waals surface area (Å²) in [6.07, 6.45) is 7.36. The molecule has 3 aliphatic rings. The summed E-state index contributed by atoms with van der Waals surface area (Å²) in [4.78, 5) is 38.6. The van der Waals surface area contributed by atoms with Gasteiger partial charge in [0.1, 0.15) is 0 Å². The molecule has 0 aromatic heterocycles. The molecule has 2 heterocycles. The maximum Gasteiger partial charge on any atom is 0.311 e. The summed E-state index contributed by atoms with van der Waals surface area (Å²) in [5.41, 5.74) is -0.00144. The summed E-state index contributed by atoms with van der Waals surface area (Å²) < 4.78 is 0. The van der Waals surface area contributed by atoms with E-state index in [0.717, 1.165) is 50.6 Å². The number of piperidine rings is 2. The standard InChI is InChI=1S/C23H32N2O3.CH2O2/c1-24-15-8-13-23(21(27)28)14-16-25(17-19(23)24)20(26)22(11-6-3-7-12-22)18-9-4-2-5-10-18;2-1-3/h2,4-5,9-10,19H,3,6-8,11-17H2,1H3,(H,27,28);1H,(H,2,3)/t19-,23+;/m1./s1. The summed E-state index contributed by atoms with van der Waals surface area (Å²) in [6.45, 7) is 1.76. The van der Waals surface area contributed by atoms with E-state index in [9.17, 15) is 14.7 Å². The number of carboxylic acid groups (broad SMARTS) is 2. The maximum atomic E-state index is 13.9. The summed E-state index contributed by atoms with van der Waals surface area (Å²) in [7, 11) is 2.02. The van der Waals surface area contributed by atoms with Gasteiger partial charge in [0, 0.05) is 19.1 Å². The molecule has 2 aliphatic heterocycles. The largest absolute Gasteiger partial charge is 0.483 e. The van der Waals surface area contributed by atoms with Crippen LogP contribution in [0.3, 0.4) is 0 Å². The molecule has 1 amide bonds. The number of carboxylic acids is 1. The van der Waals surface area contributed by atoms with Crippen molar-refractivity contribution in [2.75, 3.05) is 26.7 Å². The molecular formula is C24H34N2O5. The Morgan fingerprint density at radius 1 is 1.00 bits per heavy atom. The molecule has 1 aromatic carbocycles. The number of hydrogen-bond donors (Lipinski definition) is 2. The van der Waals surface area contributed by atoms with Gasteiger partial charge in [0.15, 0.2) is 0 Å². The van der Waals surface area contributed by atoms with Crippen LogP contribution in [-0.4, -0.2) is 71.1 Å².